The van der Waals surface area contributed by atoms with Crippen molar-refractivity contribution < 1.29 is 9.47 Å². The summed E-state index contributed by atoms with van der Waals surface area (Å²) in [6.45, 7) is 3.62. The SMILES string of the molecule is C=CC=CCCCCCC(OC)OC. The Labute approximate surface area is 87.6 Å². The van der Waals surface area contributed by atoms with Gasteiger partial charge in [0.05, 0.1) is 0 Å². The van der Waals surface area contributed by atoms with Gasteiger partial charge in [-0.2, -0.15) is 0 Å². The van der Waals surface area contributed by atoms with Gasteiger partial charge in [-0.05, 0) is 25.7 Å². The second-order valence-corrected chi connectivity index (χ2v) is 3.20. The molecule has 2 nitrogen and oxygen atoms in total. The Morgan fingerprint density at radius 1 is 1.14 bits per heavy atom. The highest BCUT2D eigenvalue weighted by atomic mass is 16.7. The normalized spacial score (nSPS) is 11.4. The van der Waals surface area contributed by atoms with Crippen molar-refractivity contribution in [2.75, 3.05) is 14.2 Å². The second kappa shape index (κ2) is 10.5. The summed E-state index contributed by atoms with van der Waals surface area (Å²) in [6, 6.07) is 0. The van der Waals surface area contributed by atoms with Crippen LogP contribution in [0.3, 0.4) is 0 Å². The first-order valence-corrected chi connectivity index (χ1v) is 5.18. The minimum absolute atomic E-state index is 0.0290. The molecule has 0 fully saturated rings. The molecule has 0 saturated heterocycles. The van der Waals surface area contributed by atoms with E-state index in [1.54, 1.807) is 14.2 Å². The largest absolute Gasteiger partial charge is 0.356 e. The van der Waals surface area contributed by atoms with Crippen LogP contribution >= 0.6 is 0 Å². The van der Waals surface area contributed by atoms with Crippen LogP contribution in [0, 0.1) is 0 Å². The maximum atomic E-state index is 5.10. The summed E-state index contributed by atoms with van der Waals surface area (Å²) in [4.78, 5) is 0. The molecular weight excluding hydrogens is 176 g/mol. The molecule has 2 heteroatoms. The van der Waals surface area contributed by atoms with E-state index in [4.69, 9.17) is 9.47 Å². The summed E-state index contributed by atoms with van der Waals surface area (Å²) >= 11 is 0. The van der Waals surface area contributed by atoms with Gasteiger partial charge in [0, 0.05) is 14.2 Å². The quantitative estimate of drug-likeness (QED) is 0.321. The van der Waals surface area contributed by atoms with E-state index in [9.17, 15) is 0 Å². The van der Waals surface area contributed by atoms with Gasteiger partial charge in [-0.1, -0.05) is 31.2 Å². The van der Waals surface area contributed by atoms with Crippen molar-refractivity contribution >= 4 is 0 Å². The van der Waals surface area contributed by atoms with E-state index in [0.29, 0.717) is 0 Å². The van der Waals surface area contributed by atoms with Crippen LogP contribution in [-0.2, 0) is 9.47 Å². The van der Waals surface area contributed by atoms with Gasteiger partial charge in [0.25, 0.3) is 0 Å². The Kier molecular flexibility index (Phi) is 10.0. The van der Waals surface area contributed by atoms with Gasteiger partial charge in [-0.15, -0.1) is 0 Å². The van der Waals surface area contributed by atoms with Gasteiger partial charge < -0.3 is 9.47 Å². The van der Waals surface area contributed by atoms with Crippen molar-refractivity contribution in [2.45, 2.75) is 38.4 Å². The summed E-state index contributed by atoms with van der Waals surface area (Å²) in [5.41, 5.74) is 0. The highest BCUT2D eigenvalue weighted by Crippen LogP contribution is 2.08. The maximum Gasteiger partial charge on any atom is 0.156 e. The Morgan fingerprint density at radius 2 is 1.86 bits per heavy atom. The van der Waals surface area contributed by atoms with Crippen molar-refractivity contribution in [3.63, 3.8) is 0 Å². The zero-order valence-electron chi connectivity index (χ0n) is 9.37. The van der Waals surface area contributed by atoms with Crippen LogP contribution in [0.1, 0.15) is 32.1 Å². The van der Waals surface area contributed by atoms with Gasteiger partial charge >= 0.3 is 0 Å². The van der Waals surface area contributed by atoms with E-state index in [-0.39, 0.29) is 6.29 Å². The third kappa shape index (κ3) is 8.02. The van der Waals surface area contributed by atoms with Crippen LogP contribution in [0.5, 0.6) is 0 Å². The predicted molar refractivity (Wildman–Crippen MR) is 60.2 cm³/mol. The molecule has 0 saturated carbocycles. The molecule has 0 aliphatic rings. The first-order chi connectivity index (χ1) is 6.85. The number of methoxy groups -OCH3 is 2. The van der Waals surface area contributed by atoms with Crippen molar-refractivity contribution in [3.8, 4) is 0 Å². The van der Waals surface area contributed by atoms with Crippen molar-refractivity contribution in [2.24, 2.45) is 0 Å². The average molecular weight is 198 g/mol. The van der Waals surface area contributed by atoms with E-state index in [0.717, 1.165) is 19.3 Å². The molecule has 0 atom stereocenters. The Balaban J connectivity index is 3.20. The van der Waals surface area contributed by atoms with Crippen molar-refractivity contribution in [1.29, 1.82) is 0 Å². The van der Waals surface area contributed by atoms with E-state index >= 15 is 0 Å². The van der Waals surface area contributed by atoms with Gasteiger partial charge in [-0.25, -0.2) is 0 Å². The Hall–Kier alpha value is -0.600. The topological polar surface area (TPSA) is 18.5 Å². The molecule has 82 valence electrons. The fourth-order valence-corrected chi connectivity index (χ4v) is 1.27. The first kappa shape index (κ1) is 13.4. The molecule has 0 rings (SSSR count). The number of hydrogen-bond acceptors (Lipinski definition) is 2. The van der Waals surface area contributed by atoms with Crippen LogP contribution in [0.15, 0.2) is 24.8 Å². The predicted octanol–water partition coefficient (Wildman–Crippen LogP) is 3.30. The van der Waals surface area contributed by atoms with E-state index in [1.165, 1.54) is 12.8 Å². The van der Waals surface area contributed by atoms with Gasteiger partial charge in [-0.3, -0.25) is 0 Å². The molecule has 0 unspecified atom stereocenters. The summed E-state index contributed by atoms with van der Waals surface area (Å²) in [5.74, 6) is 0. The lowest BCUT2D eigenvalue weighted by atomic mass is 10.1. The number of hydrogen-bond donors (Lipinski definition) is 0. The standard InChI is InChI=1S/C12H22O2/c1-4-5-6-7-8-9-10-11-12(13-2)14-3/h4-6,12H,1,7-11H2,2-3H3. The van der Waals surface area contributed by atoms with Gasteiger partial charge in [0.1, 0.15) is 0 Å². The lowest BCUT2D eigenvalue weighted by Crippen LogP contribution is -2.12. The lowest BCUT2D eigenvalue weighted by Gasteiger charge is -2.12. The van der Waals surface area contributed by atoms with E-state index in [1.807, 2.05) is 12.2 Å². The Bertz CT molecular complexity index is 148. The third-order valence-electron chi connectivity index (χ3n) is 2.11. The number of unbranched alkanes of at least 4 members (excludes halogenated alkanes) is 3. The molecule has 0 radical (unpaired) electrons. The molecule has 0 N–H and O–H groups in total. The number of rotatable bonds is 9. The lowest BCUT2D eigenvalue weighted by molar-refractivity contribution is -0.107. The molecule has 0 aliphatic carbocycles. The molecule has 0 heterocycles. The monoisotopic (exact) mass is 198 g/mol. The molecule has 0 amide bonds. The molecule has 0 aliphatic heterocycles. The molecule has 0 bridgehead atoms. The zero-order valence-corrected chi connectivity index (χ0v) is 9.37. The Morgan fingerprint density at radius 3 is 2.43 bits per heavy atom. The minimum atomic E-state index is -0.0290. The van der Waals surface area contributed by atoms with Gasteiger partial charge in [0.2, 0.25) is 0 Å². The zero-order chi connectivity index (χ0) is 10.6. The molecule has 0 aromatic rings. The van der Waals surface area contributed by atoms with Gasteiger partial charge in [0.15, 0.2) is 6.29 Å². The number of ether oxygens (including phenoxy) is 2. The van der Waals surface area contributed by atoms with E-state index in [2.05, 4.69) is 12.7 Å². The van der Waals surface area contributed by atoms with Crippen LogP contribution < -0.4 is 0 Å². The molecule has 0 spiro atoms. The minimum Gasteiger partial charge on any atom is -0.356 e. The molecule has 14 heavy (non-hydrogen) atoms. The summed E-state index contributed by atoms with van der Waals surface area (Å²) < 4.78 is 10.2. The van der Waals surface area contributed by atoms with Crippen molar-refractivity contribution in [3.05, 3.63) is 24.8 Å². The molecular formula is C12H22O2. The summed E-state index contributed by atoms with van der Waals surface area (Å²) in [5, 5.41) is 0. The average Bonchev–Trinajstić information content (AvgIpc) is 2.22. The first-order valence-electron chi connectivity index (χ1n) is 5.18. The smallest absolute Gasteiger partial charge is 0.156 e. The fourth-order valence-electron chi connectivity index (χ4n) is 1.27. The second-order valence-electron chi connectivity index (χ2n) is 3.20. The summed E-state index contributed by atoms with van der Waals surface area (Å²) in [6.07, 6.45) is 11.7. The number of allylic oxidation sites excluding steroid dienone is 3. The highest BCUT2D eigenvalue weighted by Gasteiger charge is 2.02. The van der Waals surface area contributed by atoms with Crippen LogP contribution in [0.4, 0.5) is 0 Å². The van der Waals surface area contributed by atoms with Crippen LogP contribution in [0.25, 0.3) is 0 Å². The molecule has 0 aromatic carbocycles. The highest BCUT2D eigenvalue weighted by molar-refractivity contribution is 4.96. The van der Waals surface area contributed by atoms with Crippen LogP contribution in [-0.4, -0.2) is 20.5 Å². The molecule has 0 aromatic heterocycles. The summed E-state index contributed by atoms with van der Waals surface area (Å²) in [7, 11) is 3.36. The maximum absolute atomic E-state index is 5.10. The van der Waals surface area contributed by atoms with Crippen LogP contribution in [0.2, 0.25) is 0 Å². The van der Waals surface area contributed by atoms with Crippen molar-refractivity contribution in [1.82, 2.24) is 0 Å². The van der Waals surface area contributed by atoms with E-state index < -0.39 is 0 Å². The fraction of sp³-hybridized carbons (Fsp3) is 0.667. The third-order valence-corrected chi connectivity index (χ3v) is 2.11.